The van der Waals surface area contributed by atoms with Crippen molar-refractivity contribution in [3.8, 4) is 22.7 Å². The van der Waals surface area contributed by atoms with Crippen molar-refractivity contribution in [2.75, 3.05) is 5.32 Å². The molecule has 0 aliphatic carbocycles. The van der Waals surface area contributed by atoms with Gasteiger partial charge >= 0.3 is 6.18 Å². The highest BCUT2D eigenvalue weighted by Gasteiger charge is 2.30. The zero-order valence-electron chi connectivity index (χ0n) is 18.4. The van der Waals surface area contributed by atoms with Gasteiger partial charge in [0.1, 0.15) is 17.4 Å². The molecular weight excluding hydrogens is 464 g/mol. The van der Waals surface area contributed by atoms with Gasteiger partial charge in [-0.15, -0.1) is 10.2 Å². The highest BCUT2D eigenvalue weighted by molar-refractivity contribution is 6.03. The largest absolute Gasteiger partial charge is 0.451 e. The van der Waals surface area contributed by atoms with E-state index in [1.165, 1.54) is 36.4 Å². The number of rotatable bonds is 4. The van der Waals surface area contributed by atoms with E-state index in [2.05, 4.69) is 15.5 Å². The third kappa shape index (κ3) is 4.68. The van der Waals surface area contributed by atoms with Gasteiger partial charge in [0.2, 0.25) is 0 Å². The van der Waals surface area contributed by atoms with Gasteiger partial charge in [-0.25, -0.2) is 4.39 Å². The molecule has 0 saturated heterocycles. The number of aromatic nitrogens is 3. The summed E-state index contributed by atoms with van der Waals surface area (Å²) in [5, 5.41) is 11.0. The van der Waals surface area contributed by atoms with E-state index < -0.39 is 23.5 Å². The van der Waals surface area contributed by atoms with Crippen molar-refractivity contribution in [3.05, 3.63) is 77.6 Å². The van der Waals surface area contributed by atoms with Gasteiger partial charge in [-0.3, -0.25) is 4.79 Å². The number of hydrogen-bond donors (Lipinski definition) is 1. The number of carbonyl (C=O) groups excluding carboxylic acids is 1. The Kier molecular flexibility index (Phi) is 5.88. The van der Waals surface area contributed by atoms with Gasteiger partial charge in [0.25, 0.3) is 5.91 Å². The smallest absolute Gasteiger partial charge is 0.416 e. The van der Waals surface area contributed by atoms with Crippen LogP contribution in [0.4, 0.5) is 23.2 Å². The normalized spacial score (nSPS) is 13.8. The number of amides is 1. The van der Waals surface area contributed by atoms with Crippen LogP contribution in [0.25, 0.3) is 22.7 Å². The Balaban J connectivity index is 1.38. The van der Waals surface area contributed by atoms with Crippen LogP contribution in [0.1, 0.15) is 41.2 Å². The fourth-order valence-electron chi connectivity index (χ4n) is 4.11. The Morgan fingerprint density at radius 3 is 2.66 bits per heavy atom. The number of anilines is 1. The van der Waals surface area contributed by atoms with Crippen molar-refractivity contribution in [2.24, 2.45) is 0 Å². The molecule has 0 saturated carbocycles. The van der Waals surface area contributed by atoms with Gasteiger partial charge in [-0.1, -0.05) is 18.6 Å². The minimum Gasteiger partial charge on any atom is -0.451 e. The van der Waals surface area contributed by atoms with E-state index in [0.29, 0.717) is 11.4 Å². The molecule has 35 heavy (non-hydrogen) atoms. The lowest BCUT2D eigenvalue weighted by atomic mass is 10.1. The molecular formula is C25H20F4N4O2. The van der Waals surface area contributed by atoms with E-state index in [-0.39, 0.29) is 22.8 Å². The van der Waals surface area contributed by atoms with E-state index >= 15 is 0 Å². The van der Waals surface area contributed by atoms with Crippen LogP contribution in [0.15, 0.2) is 59.0 Å². The minimum absolute atomic E-state index is 0.0736. The van der Waals surface area contributed by atoms with Crippen LogP contribution in [0.2, 0.25) is 0 Å². The Hall–Kier alpha value is -3.95. The number of alkyl halides is 3. The maximum absolute atomic E-state index is 14.5. The molecule has 1 N–H and O–H groups in total. The Labute approximate surface area is 197 Å². The molecule has 10 heteroatoms. The van der Waals surface area contributed by atoms with Crippen LogP contribution in [-0.2, 0) is 19.1 Å². The number of hydrogen-bond acceptors (Lipinski definition) is 4. The lowest BCUT2D eigenvalue weighted by Gasteiger charge is -2.10. The Bertz CT molecular complexity index is 1390. The molecule has 4 aromatic rings. The molecule has 3 heterocycles. The Morgan fingerprint density at radius 2 is 1.83 bits per heavy atom. The van der Waals surface area contributed by atoms with E-state index in [9.17, 15) is 22.4 Å². The number of aryl methyl sites for hydroxylation is 1. The summed E-state index contributed by atoms with van der Waals surface area (Å²) in [6, 6.07) is 11.6. The van der Waals surface area contributed by atoms with Crippen LogP contribution >= 0.6 is 0 Å². The fraction of sp³-hybridized carbons (Fsp3) is 0.240. The number of nitrogens with one attached hydrogen (secondary N) is 1. The zero-order chi connectivity index (χ0) is 24.6. The average molecular weight is 484 g/mol. The van der Waals surface area contributed by atoms with Crippen molar-refractivity contribution in [1.29, 1.82) is 0 Å². The van der Waals surface area contributed by atoms with Gasteiger partial charge in [0.05, 0.1) is 11.3 Å². The summed E-state index contributed by atoms with van der Waals surface area (Å²) in [4.78, 5) is 12.7. The Morgan fingerprint density at radius 1 is 0.971 bits per heavy atom. The number of benzene rings is 2. The third-order valence-corrected chi connectivity index (χ3v) is 5.89. The third-order valence-electron chi connectivity index (χ3n) is 5.89. The summed E-state index contributed by atoms with van der Waals surface area (Å²) in [6.45, 7) is 0.765. The van der Waals surface area contributed by atoms with Gasteiger partial charge in [0, 0.05) is 24.1 Å². The first-order chi connectivity index (χ1) is 16.8. The van der Waals surface area contributed by atoms with Gasteiger partial charge in [0.15, 0.2) is 11.6 Å². The molecule has 2 aromatic carbocycles. The number of halogens is 4. The molecule has 1 aliphatic rings. The van der Waals surface area contributed by atoms with Crippen molar-refractivity contribution >= 4 is 11.6 Å². The van der Waals surface area contributed by atoms with Gasteiger partial charge in [-0.05, 0) is 55.3 Å². The van der Waals surface area contributed by atoms with Crippen molar-refractivity contribution in [3.63, 3.8) is 0 Å². The number of nitrogens with zero attached hydrogens (tertiary/aromatic N) is 3. The molecule has 0 radical (unpaired) electrons. The van der Waals surface area contributed by atoms with Crippen LogP contribution in [0.5, 0.6) is 0 Å². The van der Waals surface area contributed by atoms with Crippen LogP contribution < -0.4 is 5.32 Å². The average Bonchev–Trinajstić information content (AvgIpc) is 3.42. The molecule has 0 spiro atoms. The molecule has 1 amide bonds. The standard InChI is InChI=1S/C25H20F4N4O2/c26-18-9-8-16(23-32-31-22-7-2-1-3-12-33(22)23)14-19(18)30-24(34)21-11-10-20(35-21)15-5-4-6-17(13-15)25(27,28)29/h4-6,8-11,13-14H,1-3,7,12H2,(H,30,34). The monoisotopic (exact) mass is 484 g/mol. The highest BCUT2D eigenvalue weighted by atomic mass is 19.4. The van der Waals surface area contributed by atoms with E-state index in [4.69, 9.17) is 4.42 Å². The van der Waals surface area contributed by atoms with Crippen LogP contribution in [0, 0.1) is 5.82 Å². The van der Waals surface area contributed by atoms with Crippen LogP contribution in [0.3, 0.4) is 0 Å². The SMILES string of the molecule is O=C(Nc1cc(-c2nnc3n2CCCCC3)ccc1F)c1ccc(-c2cccc(C(F)(F)F)c2)o1. The fourth-order valence-corrected chi connectivity index (χ4v) is 4.11. The van der Waals surface area contributed by atoms with E-state index in [1.807, 2.05) is 4.57 Å². The lowest BCUT2D eigenvalue weighted by molar-refractivity contribution is -0.137. The molecule has 2 aromatic heterocycles. The van der Waals surface area contributed by atoms with E-state index in [1.54, 1.807) is 6.07 Å². The van der Waals surface area contributed by atoms with E-state index in [0.717, 1.165) is 50.2 Å². The quantitative estimate of drug-likeness (QED) is 0.343. The lowest BCUT2D eigenvalue weighted by Crippen LogP contribution is -2.12. The maximum Gasteiger partial charge on any atom is 0.416 e. The highest BCUT2D eigenvalue weighted by Crippen LogP contribution is 2.33. The molecule has 0 atom stereocenters. The molecule has 5 rings (SSSR count). The second-order valence-corrected chi connectivity index (χ2v) is 8.29. The molecule has 0 fully saturated rings. The van der Waals surface area contributed by atoms with Crippen LogP contribution in [-0.4, -0.2) is 20.7 Å². The van der Waals surface area contributed by atoms with Crippen molar-refractivity contribution < 1.29 is 26.8 Å². The number of fused-ring (bicyclic) bond motifs is 1. The summed E-state index contributed by atoms with van der Waals surface area (Å²) in [5.41, 5.74) is -0.135. The number of furan rings is 1. The summed E-state index contributed by atoms with van der Waals surface area (Å²) < 4.78 is 61.0. The predicted molar refractivity (Wildman–Crippen MR) is 120 cm³/mol. The molecule has 0 unspecified atom stereocenters. The molecule has 1 aliphatic heterocycles. The minimum atomic E-state index is -4.51. The zero-order valence-corrected chi connectivity index (χ0v) is 18.4. The first kappa shape index (κ1) is 22.8. The summed E-state index contributed by atoms with van der Waals surface area (Å²) in [7, 11) is 0. The summed E-state index contributed by atoms with van der Waals surface area (Å²) in [5.74, 6) is 0.00856. The second-order valence-electron chi connectivity index (χ2n) is 8.29. The second kappa shape index (κ2) is 9.01. The van der Waals surface area contributed by atoms with Gasteiger partial charge < -0.3 is 14.3 Å². The molecule has 0 bridgehead atoms. The van der Waals surface area contributed by atoms with Crippen molar-refractivity contribution in [1.82, 2.24) is 14.8 Å². The molecule has 180 valence electrons. The first-order valence-corrected chi connectivity index (χ1v) is 11.1. The topological polar surface area (TPSA) is 73.0 Å². The predicted octanol–water partition coefficient (Wildman–Crippen LogP) is 6.34. The number of carbonyl (C=O) groups is 1. The summed E-state index contributed by atoms with van der Waals surface area (Å²) in [6.07, 6.45) is -0.554. The maximum atomic E-state index is 14.5. The summed E-state index contributed by atoms with van der Waals surface area (Å²) >= 11 is 0. The van der Waals surface area contributed by atoms with Gasteiger partial charge in [-0.2, -0.15) is 13.2 Å². The molecule has 6 nitrogen and oxygen atoms in total. The van der Waals surface area contributed by atoms with Crippen molar-refractivity contribution in [2.45, 2.75) is 38.4 Å². The first-order valence-electron chi connectivity index (χ1n) is 11.1.